The number of nitrogens with zero attached hydrogens (tertiary/aromatic N) is 6. The molecule has 0 aliphatic heterocycles. The number of benzene rings is 3. The van der Waals surface area contributed by atoms with Crippen LogP contribution in [0, 0.1) is 41.5 Å². The topological polar surface area (TPSA) is 19.4 Å². The van der Waals surface area contributed by atoms with Crippen LogP contribution in [0.2, 0.25) is 5.04 Å². The summed E-state index contributed by atoms with van der Waals surface area (Å²) in [6, 6.07) is 7.85. The molecule has 0 radical (unpaired) electrons. The maximum Gasteiger partial charge on any atom is -1.00 e. The molecule has 0 N–H and O–H groups in total. The Bertz CT molecular complexity index is 1820. The van der Waals surface area contributed by atoms with E-state index in [1.165, 1.54) is 104 Å². The van der Waals surface area contributed by atoms with Gasteiger partial charge in [0.25, 0.3) is 0 Å². The first-order valence-electron chi connectivity index (χ1n) is 18.9. The molecule has 0 spiro atoms. The smallest absolute Gasteiger partial charge is 1.00 e. The molecule has 3 aromatic carbocycles. The van der Waals surface area contributed by atoms with Crippen molar-refractivity contribution in [3.8, 4) is 0 Å². The van der Waals surface area contributed by atoms with E-state index < -0.39 is 8.07 Å². The Balaban J connectivity index is 0.00000523. The first kappa shape index (κ1) is 51.8. The van der Waals surface area contributed by atoms with Gasteiger partial charge in [0, 0.05) is 0 Å². The molecule has 308 valence electrons. The zero-order valence-electron chi connectivity index (χ0n) is 38.5. The second-order valence-corrected chi connectivity index (χ2v) is 22.1. The van der Waals surface area contributed by atoms with Gasteiger partial charge in [-0.1, -0.05) is 0 Å². The van der Waals surface area contributed by atoms with E-state index >= 15 is 0 Å². The van der Waals surface area contributed by atoms with E-state index in [4.69, 9.17) is 0 Å². The molecule has 1 aliphatic carbocycles. The first-order chi connectivity index (χ1) is 24.3. The molecule has 3 aromatic rings. The first-order valence-corrected chi connectivity index (χ1v) is 21.7. The fraction of sp³-hybridized carbons (Fsp3) is 0.511. The van der Waals surface area contributed by atoms with Gasteiger partial charge < -0.3 is 37.2 Å². The van der Waals surface area contributed by atoms with Crippen LogP contribution in [0.15, 0.2) is 38.8 Å². The second-order valence-electron chi connectivity index (χ2n) is 17.2. The Hall–Kier alpha value is -2.26. The van der Waals surface area contributed by atoms with Gasteiger partial charge in [-0.3, -0.25) is 0 Å². The molecule has 4 rings (SSSR count). The fourth-order valence-corrected chi connectivity index (χ4v) is 19.5. The molecular formula is C45H69Cl3N6SiTi. The zero-order chi connectivity index (χ0) is 40.6. The van der Waals surface area contributed by atoms with Crippen molar-refractivity contribution in [2.45, 2.75) is 74.3 Å². The van der Waals surface area contributed by atoms with E-state index in [1.54, 1.807) is 0 Å². The monoisotopic (exact) mass is 874 g/mol. The fourth-order valence-electron chi connectivity index (χ4n) is 10.7. The number of hydrogen-bond acceptors (Lipinski definition) is 6. The molecule has 1 aliphatic rings. The third-order valence-corrected chi connectivity index (χ3v) is 19.9. The summed E-state index contributed by atoms with van der Waals surface area (Å²) < 4.78 is 1.49. The Labute approximate surface area is 373 Å². The van der Waals surface area contributed by atoms with Gasteiger partial charge in [0.2, 0.25) is 0 Å². The third-order valence-electron chi connectivity index (χ3n) is 12.5. The van der Waals surface area contributed by atoms with Crippen molar-refractivity contribution in [2.75, 3.05) is 114 Å². The van der Waals surface area contributed by atoms with Gasteiger partial charge in [0.1, 0.15) is 0 Å². The summed E-state index contributed by atoms with van der Waals surface area (Å²) >= 11 is 2.45. The largest absolute Gasteiger partial charge is 1.00 e. The normalized spacial score (nSPS) is 15.3. The van der Waals surface area contributed by atoms with E-state index in [1.807, 2.05) is 0 Å². The summed E-state index contributed by atoms with van der Waals surface area (Å²) in [5.74, 6) is 0. The second kappa shape index (κ2) is 18.3. The summed E-state index contributed by atoms with van der Waals surface area (Å²) in [7, 11) is 23.4. The van der Waals surface area contributed by atoms with Crippen molar-refractivity contribution in [3.63, 3.8) is 0 Å². The quantitative estimate of drug-likeness (QED) is 0.179. The van der Waals surface area contributed by atoms with E-state index in [0.717, 1.165) is 0 Å². The van der Waals surface area contributed by atoms with Crippen molar-refractivity contribution in [1.82, 2.24) is 0 Å². The molecule has 0 fully saturated rings. The molecule has 0 amide bonds. The molecule has 0 aromatic heterocycles. The van der Waals surface area contributed by atoms with Gasteiger partial charge >= 0.3 is 339 Å². The number of halogens is 3. The van der Waals surface area contributed by atoms with E-state index in [9.17, 15) is 0 Å². The molecule has 0 bridgehead atoms. The predicted molar refractivity (Wildman–Crippen MR) is 238 cm³/mol. The van der Waals surface area contributed by atoms with Crippen LogP contribution in [0.25, 0.3) is 0 Å². The van der Waals surface area contributed by atoms with E-state index in [-0.39, 0.29) is 42.3 Å². The van der Waals surface area contributed by atoms with Gasteiger partial charge in [-0.2, -0.15) is 0 Å². The summed E-state index contributed by atoms with van der Waals surface area (Å²) in [4.78, 5) is 14.2. The molecule has 56 heavy (non-hydrogen) atoms. The van der Waals surface area contributed by atoms with Crippen LogP contribution in [-0.4, -0.2) is 92.6 Å². The summed E-state index contributed by atoms with van der Waals surface area (Å²) in [6.45, 7) is 23.9. The summed E-state index contributed by atoms with van der Waals surface area (Å²) in [5.41, 5.74) is 20.2. The van der Waals surface area contributed by atoms with Gasteiger partial charge in [-0.05, 0) is 0 Å². The minimum absolute atomic E-state index is 0. The van der Waals surface area contributed by atoms with Crippen LogP contribution in [-0.2, 0) is 20.4 Å². The summed E-state index contributed by atoms with van der Waals surface area (Å²) in [5, 5.41) is 4.12. The maximum absolute atomic E-state index is 3.30. The van der Waals surface area contributed by atoms with Gasteiger partial charge in [-0.25, -0.2) is 0 Å². The molecule has 1 atom stereocenters. The maximum atomic E-state index is 2.63. The Morgan fingerprint density at radius 1 is 0.411 bits per heavy atom. The molecule has 0 saturated carbocycles. The summed E-state index contributed by atoms with van der Waals surface area (Å²) in [6.07, 6.45) is 0. The van der Waals surface area contributed by atoms with Crippen LogP contribution < -0.4 is 82.2 Å². The zero-order valence-corrected chi connectivity index (χ0v) is 43.4. The minimum atomic E-state index is -3.30. The van der Waals surface area contributed by atoms with Crippen molar-refractivity contribution in [3.05, 3.63) is 72.2 Å². The van der Waals surface area contributed by atoms with Crippen molar-refractivity contribution < 1.29 is 57.7 Å². The van der Waals surface area contributed by atoms with E-state index in [0.29, 0.717) is 0 Å². The minimum Gasteiger partial charge on any atom is -1.00 e. The van der Waals surface area contributed by atoms with Gasteiger partial charge in [0.15, 0.2) is 0 Å². The third kappa shape index (κ3) is 7.56. The van der Waals surface area contributed by atoms with Crippen LogP contribution in [0.5, 0.6) is 0 Å². The van der Waals surface area contributed by atoms with Crippen molar-refractivity contribution in [2.24, 2.45) is 0 Å². The van der Waals surface area contributed by atoms with Crippen molar-refractivity contribution in [1.29, 1.82) is 0 Å². The van der Waals surface area contributed by atoms with Crippen LogP contribution >= 0.6 is 0 Å². The van der Waals surface area contributed by atoms with Crippen LogP contribution in [0.4, 0.5) is 34.1 Å². The molecule has 6 nitrogen and oxygen atoms in total. The van der Waals surface area contributed by atoms with Gasteiger partial charge in [0.05, 0.1) is 0 Å². The number of rotatable bonds is 10. The number of hydrogen-bond donors (Lipinski definition) is 0. The standard InChI is InChI=1S/C45H69N6Si.3ClH.Ti/c1-27-23-36(42(49(17)18)32(6)39(27)46(11)12)52(45(10)26-30(4)31(5)35(45)9,37-24-28(2)40(47(13)14)33(7)43(37)50(19)20)38-25-29(3)41(48(15)16)34(8)44(38)51(21)22;;;;/h23-25H,1-22H3;3*1H;/q;;;;+3/p-3. The Kier molecular flexibility index (Phi) is 17.0. The van der Waals surface area contributed by atoms with E-state index in [2.05, 4.69) is 222 Å². The SMILES string of the molecule is CC1=C(C)C(C)([Si](c2cc(C)c(N(C)C)c(C)c2N(C)C)(c2cc(C)c(N(C)C)c(C)c2N(C)C)c2cc(C)c(N(C)C)c(C)c2N(C)C)[C]([Ti+3])=C1C.[Cl-].[Cl-].[Cl-]. The molecule has 11 heteroatoms. The number of allylic oxidation sites excluding steroid dienone is 4. The molecular weight excluding hydrogens is 807 g/mol. The predicted octanol–water partition coefficient (Wildman–Crippen LogP) is -1.65. The number of aryl methyl sites for hydroxylation is 3. The van der Waals surface area contributed by atoms with Crippen LogP contribution in [0.3, 0.4) is 0 Å². The van der Waals surface area contributed by atoms with Gasteiger partial charge in [-0.15, -0.1) is 0 Å². The molecule has 0 saturated heterocycles. The number of anilines is 6. The Morgan fingerprint density at radius 2 is 0.643 bits per heavy atom. The molecule has 0 heterocycles. The van der Waals surface area contributed by atoms with Crippen LogP contribution in [0.1, 0.15) is 61.1 Å². The van der Waals surface area contributed by atoms with Crippen molar-refractivity contribution >= 4 is 57.8 Å². The Morgan fingerprint density at radius 3 is 0.821 bits per heavy atom. The average molecular weight is 876 g/mol. The molecule has 1 unspecified atom stereocenters. The average Bonchev–Trinajstić information content (AvgIpc) is 3.15.